The van der Waals surface area contributed by atoms with Gasteiger partial charge in [0.25, 0.3) is 0 Å². The molecule has 3 saturated carbocycles. The molecule has 0 saturated heterocycles. The van der Waals surface area contributed by atoms with Crippen LogP contribution in [0.3, 0.4) is 0 Å². The lowest BCUT2D eigenvalue weighted by Gasteiger charge is -2.58. The first-order valence-electron chi connectivity index (χ1n) is 12.4. The fourth-order valence-corrected chi connectivity index (χ4v) is 8.56. The molecule has 0 radical (unpaired) electrons. The minimum Gasteiger partial charge on any atom is -0.0845 e. The lowest BCUT2D eigenvalue weighted by molar-refractivity contribution is -0.0462. The Morgan fingerprint density at radius 3 is 2.62 bits per heavy atom. The maximum atomic E-state index is 2.72. The molecule has 0 spiro atoms. The minimum absolute atomic E-state index is 0.541. The van der Waals surface area contributed by atoms with Crippen molar-refractivity contribution in [2.75, 3.05) is 0 Å². The van der Waals surface area contributed by atoms with Gasteiger partial charge in [-0.3, -0.25) is 0 Å². The maximum Gasteiger partial charge on any atom is -0.00853 e. The molecule has 156 valence electrons. The third-order valence-electron chi connectivity index (χ3n) is 10.1. The van der Waals surface area contributed by atoms with Gasteiger partial charge in [0.15, 0.2) is 0 Å². The standard InChI is InChI=1S/C29H40/c1-21(12-13-22-9-5-4-6-10-22)25-16-17-26-24-15-14-23-11-7-8-19-28(23,2)27(24)18-20-29(25,26)3/h4-6,9-10,12-14,21,24-27H,7-8,11,15-20H2,1-3H3/b13-12+. The van der Waals surface area contributed by atoms with E-state index in [9.17, 15) is 0 Å². The summed E-state index contributed by atoms with van der Waals surface area (Å²) in [6, 6.07) is 10.9. The maximum absolute atomic E-state index is 2.72. The van der Waals surface area contributed by atoms with E-state index in [0.29, 0.717) is 16.7 Å². The number of benzene rings is 1. The molecule has 0 aromatic heterocycles. The van der Waals surface area contributed by atoms with Gasteiger partial charge in [-0.15, -0.1) is 0 Å². The molecule has 1 aromatic carbocycles. The van der Waals surface area contributed by atoms with E-state index in [1.165, 1.54) is 63.4 Å². The molecular formula is C29H40. The lowest BCUT2D eigenvalue weighted by Crippen LogP contribution is -2.49. The Kier molecular flexibility index (Phi) is 5.04. The van der Waals surface area contributed by atoms with E-state index < -0.39 is 0 Å². The molecule has 0 heteroatoms. The van der Waals surface area contributed by atoms with Crippen LogP contribution in [0, 0.1) is 40.4 Å². The first-order chi connectivity index (χ1) is 14.0. The Morgan fingerprint density at radius 1 is 0.966 bits per heavy atom. The van der Waals surface area contributed by atoms with Crippen LogP contribution in [0.2, 0.25) is 0 Å². The number of rotatable bonds is 3. The summed E-state index contributed by atoms with van der Waals surface area (Å²) in [5.74, 6) is 4.42. The highest BCUT2D eigenvalue weighted by molar-refractivity contribution is 5.49. The number of allylic oxidation sites excluding steroid dienone is 3. The van der Waals surface area contributed by atoms with Crippen LogP contribution in [0.4, 0.5) is 0 Å². The predicted octanol–water partition coefficient (Wildman–Crippen LogP) is 8.31. The molecule has 0 amide bonds. The number of hydrogen-bond donors (Lipinski definition) is 0. The van der Waals surface area contributed by atoms with Crippen molar-refractivity contribution in [3.05, 3.63) is 53.6 Å². The van der Waals surface area contributed by atoms with Crippen molar-refractivity contribution >= 4 is 6.08 Å². The van der Waals surface area contributed by atoms with Gasteiger partial charge in [0.1, 0.15) is 0 Å². The summed E-state index contributed by atoms with van der Waals surface area (Å²) in [4.78, 5) is 0. The first kappa shape index (κ1) is 19.7. The van der Waals surface area contributed by atoms with E-state index in [2.05, 4.69) is 69.3 Å². The van der Waals surface area contributed by atoms with Crippen molar-refractivity contribution in [1.29, 1.82) is 0 Å². The third kappa shape index (κ3) is 3.17. The average Bonchev–Trinajstić information content (AvgIpc) is 3.09. The van der Waals surface area contributed by atoms with E-state index >= 15 is 0 Å². The van der Waals surface area contributed by atoms with Crippen LogP contribution in [0.5, 0.6) is 0 Å². The normalized spacial score (nSPS) is 42.7. The number of fused-ring (bicyclic) bond motifs is 5. The second-order valence-corrected chi connectivity index (χ2v) is 11.3. The van der Waals surface area contributed by atoms with Gasteiger partial charge in [-0.05, 0) is 97.3 Å². The monoisotopic (exact) mass is 388 g/mol. The fourth-order valence-electron chi connectivity index (χ4n) is 8.56. The quantitative estimate of drug-likeness (QED) is 0.457. The van der Waals surface area contributed by atoms with Crippen molar-refractivity contribution in [3.63, 3.8) is 0 Å². The van der Waals surface area contributed by atoms with Crippen LogP contribution in [0.15, 0.2) is 48.1 Å². The van der Waals surface area contributed by atoms with Crippen molar-refractivity contribution in [1.82, 2.24) is 0 Å². The van der Waals surface area contributed by atoms with Crippen LogP contribution in [-0.4, -0.2) is 0 Å². The van der Waals surface area contributed by atoms with Gasteiger partial charge in [-0.2, -0.15) is 0 Å². The van der Waals surface area contributed by atoms with Gasteiger partial charge in [-0.1, -0.05) is 81.3 Å². The molecule has 0 aliphatic heterocycles. The summed E-state index contributed by atoms with van der Waals surface area (Å²) >= 11 is 0. The Bertz CT molecular complexity index is 786. The number of hydrogen-bond acceptors (Lipinski definition) is 0. The van der Waals surface area contributed by atoms with Crippen molar-refractivity contribution in [3.8, 4) is 0 Å². The van der Waals surface area contributed by atoms with Gasteiger partial charge in [0.2, 0.25) is 0 Å². The molecule has 0 N–H and O–H groups in total. The summed E-state index contributed by atoms with van der Waals surface area (Å²) in [5, 5.41) is 0. The zero-order chi connectivity index (χ0) is 20.1. The topological polar surface area (TPSA) is 0 Å². The van der Waals surface area contributed by atoms with Crippen molar-refractivity contribution < 1.29 is 0 Å². The lowest BCUT2D eigenvalue weighted by atomic mass is 9.47. The molecule has 3 fully saturated rings. The van der Waals surface area contributed by atoms with Crippen LogP contribution >= 0.6 is 0 Å². The summed E-state index contributed by atoms with van der Waals surface area (Å²) in [7, 11) is 0. The van der Waals surface area contributed by atoms with Gasteiger partial charge in [0, 0.05) is 0 Å². The summed E-state index contributed by atoms with van der Waals surface area (Å²) in [6.45, 7) is 7.82. The predicted molar refractivity (Wildman–Crippen MR) is 124 cm³/mol. The molecule has 0 nitrogen and oxygen atoms in total. The van der Waals surface area contributed by atoms with E-state index in [4.69, 9.17) is 0 Å². The smallest absolute Gasteiger partial charge is 0.00853 e. The van der Waals surface area contributed by atoms with Crippen LogP contribution < -0.4 is 0 Å². The first-order valence-corrected chi connectivity index (χ1v) is 12.4. The van der Waals surface area contributed by atoms with Crippen LogP contribution in [0.25, 0.3) is 6.08 Å². The molecule has 4 aliphatic rings. The Hall–Kier alpha value is -1.30. The molecule has 0 bridgehead atoms. The summed E-state index contributed by atoms with van der Waals surface area (Å²) in [5.41, 5.74) is 4.29. The van der Waals surface area contributed by atoms with Gasteiger partial charge < -0.3 is 0 Å². The zero-order valence-electron chi connectivity index (χ0n) is 18.9. The highest BCUT2D eigenvalue weighted by Gasteiger charge is 2.58. The molecule has 7 atom stereocenters. The van der Waals surface area contributed by atoms with Gasteiger partial charge in [-0.25, -0.2) is 0 Å². The largest absolute Gasteiger partial charge is 0.0845 e. The second kappa shape index (κ2) is 7.44. The average molecular weight is 389 g/mol. The van der Waals surface area contributed by atoms with E-state index in [-0.39, 0.29) is 0 Å². The van der Waals surface area contributed by atoms with Gasteiger partial charge in [0.05, 0.1) is 0 Å². The highest BCUT2D eigenvalue weighted by Crippen LogP contribution is 2.67. The van der Waals surface area contributed by atoms with E-state index in [1.54, 1.807) is 0 Å². The molecule has 5 rings (SSSR count). The molecular weight excluding hydrogens is 348 g/mol. The third-order valence-corrected chi connectivity index (χ3v) is 10.1. The SMILES string of the molecule is CC(/C=C/c1ccccc1)C1CCC2C3CC=C4CCCCC4(C)C3CCC12C. The van der Waals surface area contributed by atoms with Crippen molar-refractivity contribution in [2.24, 2.45) is 40.4 Å². The summed E-state index contributed by atoms with van der Waals surface area (Å²) < 4.78 is 0. The van der Waals surface area contributed by atoms with E-state index in [0.717, 1.165) is 23.7 Å². The Morgan fingerprint density at radius 2 is 1.79 bits per heavy atom. The van der Waals surface area contributed by atoms with Crippen LogP contribution in [0.1, 0.15) is 84.1 Å². The molecule has 4 aliphatic carbocycles. The molecule has 29 heavy (non-hydrogen) atoms. The molecule has 1 aromatic rings. The Balaban J connectivity index is 1.36. The summed E-state index contributed by atoms with van der Waals surface area (Å²) in [6.07, 6.45) is 20.6. The molecule has 7 unspecified atom stereocenters. The highest BCUT2D eigenvalue weighted by atomic mass is 14.6. The Labute approximate surface area is 178 Å². The second-order valence-electron chi connectivity index (χ2n) is 11.3. The van der Waals surface area contributed by atoms with Crippen LogP contribution in [-0.2, 0) is 0 Å². The fraction of sp³-hybridized carbons (Fsp3) is 0.655. The zero-order valence-corrected chi connectivity index (χ0v) is 18.9. The van der Waals surface area contributed by atoms with E-state index in [1.807, 2.05) is 5.57 Å². The van der Waals surface area contributed by atoms with Gasteiger partial charge >= 0.3 is 0 Å². The minimum atomic E-state index is 0.541. The van der Waals surface area contributed by atoms with Crippen molar-refractivity contribution in [2.45, 2.75) is 78.6 Å². The molecule has 0 heterocycles.